The van der Waals surface area contributed by atoms with Gasteiger partial charge in [0.05, 0.1) is 6.10 Å². The van der Waals surface area contributed by atoms with Gasteiger partial charge in [-0.2, -0.15) is 0 Å². The Kier molecular flexibility index (Phi) is 3.40. The van der Waals surface area contributed by atoms with Gasteiger partial charge < -0.3 is 5.11 Å². The average molecular weight is 245 g/mol. The largest absolute Gasteiger partial charge is 0.387 e. The molecule has 1 saturated carbocycles. The molecule has 1 heterocycles. The van der Waals surface area contributed by atoms with Crippen molar-refractivity contribution in [3.8, 4) is 0 Å². The van der Waals surface area contributed by atoms with Crippen LogP contribution in [0.3, 0.4) is 0 Å². The lowest BCUT2D eigenvalue weighted by atomic mass is 10.0. The number of aryl methyl sites for hydroxylation is 1. The topological polar surface area (TPSA) is 23.5 Å². The highest BCUT2D eigenvalue weighted by molar-refractivity contribution is 5.24. The third-order valence-corrected chi connectivity index (χ3v) is 4.70. The lowest BCUT2D eigenvalue weighted by Gasteiger charge is -2.29. The predicted molar refractivity (Wildman–Crippen MR) is 73.5 cm³/mol. The second-order valence-corrected chi connectivity index (χ2v) is 5.90. The zero-order valence-electron chi connectivity index (χ0n) is 11.2. The third-order valence-electron chi connectivity index (χ3n) is 4.70. The minimum Gasteiger partial charge on any atom is -0.387 e. The zero-order valence-corrected chi connectivity index (χ0v) is 11.2. The Balaban J connectivity index is 1.62. The number of hydrogen-bond acceptors (Lipinski definition) is 2. The van der Waals surface area contributed by atoms with E-state index in [2.05, 4.69) is 36.1 Å². The van der Waals surface area contributed by atoms with Crippen LogP contribution in [0.2, 0.25) is 0 Å². The summed E-state index contributed by atoms with van der Waals surface area (Å²) >= 11 is 0. The Morgan fingerprint density at radius 3 is 2.61 bits per heavy atom. The van der Waals surface area contributed by atoms with E-state index in [1.807, 2.05) is 0 Å². The van der Waals surface area contributed by atoms with Gasteiger partial charge in [-0.3, -0.25) is 4.90 Å². The monoisotopic (exact) mass is 245 g/mol. The summed E-state index contributed by atoms with van der Waals surface area (Å²) in [4.78, 5) is 2.49. The highest BCUT2D eigenvalue weighted by Gasteiger charge is 2.38. The van der Waals surface area contributed by atoms with E-state index in [0.717, 1.165) is 30.5 Å². The van der Waals surface area contributed by atoms with Crippen molar-refractivity contribution >= 4 is 0 Å². The summed E-state index contributed by atoms with van der Waals surface area (Å²) in [5.74, 6) is 0.907. The standard InChI is InChI=1S/C16H23NO/c1-2-12-3-6-14(7-4-12)16(18)11-17-10-13-5-8-15(17)9-13/h3-4,6-7,13,15-16,18H,2,5,8-11H2,1H3. The van der Waals surface area contributed by atoms with Gasteiger partial charge in [-0.05, 0) is 42.7 Å². The lowest BCUT2D eigenvalue weighted by Crippen LogP contribution is -2.35. The van der Waals surface area contributed by atoms with E-state index >= 15 is 0 Å². The Morgan fingerprint density at radius 1 is 1.28 bits per heavy atom. The minimum atomic E-state index is -0.324. The van der Waals surface area contributed by atoms with E-state index < -0.39 is 0 Å². The van der Waals surface area contributed by atoms with Crippen molar-refractivity contribution in [2.24, 2.45) is 5.92 Å². The van der Waals surface area contributed by atoms with Gasteiger partial charge in [-0.1, -0.05) is 31.2 Å². The summed E-state index contributed by atoms with van der Waals surface area (Å²) < 4.78 is 0. The maximum Gasteiger partial charge on any atom is 0.0917 e. The molecular weight excluding hydrogens is 222 g/mol. The fraction of sp³-hybridized carbons (Fsp3) is 0.625. The highest BCUT2D eigenvalue weighted by atomic mass is 16.3. The molecule has 2 nitrogen and oxygen atoms in total. The molecule has 1 aromatic rings. The number of piperidine rings is 1. The molecule has 3 unspecified atom stereocenters. The van der Waals surface area contributed by atoms with E-state index in [-0.39, 0.29) is 6.10 Å². The Labute approximate surface area is 110 Å². The van der Waals surface area contributed by atoms with Crippen LogP contribution in [0.15, 0.2) is 24.3 Å². The van der Waals surface area contributed by atoms with Gasteiger partial charge in [-0.15, -0.1) is 0 Å². The molecule has 3 rings (SSSR count). The maximum absolute atomic E-state index is 10.3. The number of rotatable bonds is 4. The van der Waals surface area contributed by atoms with Crippen LogP contribution in [-0.4, -0.2) is 29.1 Å². The van der Waals surface area contributed by atoms with Crippen LogP contribution in [0.4, 0.5) is 0 Å². The third kappa shape index (κ3) is 2.32. The first kappa shape index (κ1) is 12.2. The molecule has 0 radical (unpaired) electrons. The fourth-order valence-electron chi connectivity index (χ4n) is 3.55. The summed E-state index contributed by atoms with van der Waals surface area (Å²) in [5, 5.41) is 10.3. The smallest absolute Gasteiger partial charge is 0.0917 e. The molecule has 1 saturated heterocycles. The first-order valence-corrected chi connectivity index (χ1v) is 7.27. The van der Waals surface area contributed by atoms with Crippen molar-refractivity contribution in [3.63, 3.8) is 0 Å². The molecule has 1 aromatic carbocycles. The molecule has 2 fully saturated rings. The van der Waals surface area contributed by atoms with Gasteiger partial charge in [0.2, 0.25) is 0 Å². The summed E-state index contributed by atoms with van der Waals surface area (Å²) in [7, 11) is 0. The number of β-amino-alcohol motifs (C(OH)–C–C–N with tert-alkyl or cyclic N) is 1. The second kappa shape index (κ2) is 5.02. The molecule has 1 aliphatic heterocycles. The summed E-state index contributed by atoms with van der Waals surface area (Å²) in [6.07, 6.45) is 4.85. The number of hydrogen-bond donors (Lipinski definition) is 1. The molecule has 2 bridgehead atoms. The van der Waals surface area contributed by atoms with Crippen molar-refractivity contribution < 1.29 is 5.11 Å². The molecule has 0 amide bonds. The number of likely N-dealkylation sites (tertiary alicyclic amines) is 1. The molecule has 18 heavy (non-hydrogen) atoms. The van der Waals surface area contributed by atoms with E-state index in [1.54, 1.807) is 0 Å². The van der Waals surface area contributed by atoms with Gasteiger partial charge >= 0.3 is 0 Å². The first-order chi connectivity index (χ1) is 8.76. The first-order valence-electron chi connectivity index (χ1n) is 7.27. The quantitative estimate of drug-likeness (QED) is 0.881. The van der Waals surface area contributed by atoms with E-state index in [0.29, 0.717) is 0 Å². The molecular formula is C16H23NO. The van der Waals surface area contributed by atoms with Crippen molar-refractivity contribution in [2.45, 2.75) is 44.8 Å². The van der Waals surface area contributed by atoms with E-state index in [1.165, 1.54) is 31.4 Å². The Bertz CT molecular complexity index is 400. The van der Waals surface area contributed by atoms with Crippen LogP contribution in [0.1, 0.15) is 43.4 Å². The molecule has 3 atom stereocenters. The van der Waals surface area contributed by atoms with Gasteiger partial charge in [0, 0.05) is 19.1 Å². The normalized spacial score (nSPS) is 28.8. The Hall–Kier alpha value is -0.860. The van der Waals surface area contributed by atoms with Crippen LogP contribution in [0.25, 0.3) is 0 Å². The lowest BCUT2D eigenvalue weighted by molar-refractivity contribution is 0.0946. The van der Waals surface area contributed by atoms with Crippen molar-refractivity contribution in [1.29, 1.82) is 0 Å². The van der Waals surface area contributed by atoms with Crippen LogP contribution >= 0.6 is 0 Å². The number of aliphatic hydroxyl groups is 1. The second-order valence-electron chi connectivity index (χ2n) is 5.90. The molecule has 0 spiro atoms. The summed E-state index contributed by atoms with van der Waals surface area (Å²) in [6.45, 7) is 4.17. The fourth-order valence-corrected chi connectivity index (χ4v) is 3.55. The van der Waals surface area contributed by atoms with E-state index in [9.17, 15) is 5.11 Å². The van der Waals surface area contributed by atoms with Gasteiger partial charge in [-0.25, -0.2) is 0 Å². The van der Waals surface area contributed by atoms with E-state index in [4.69, 9.17) is 0 Å². The highest BCUT2D eigenvalue weighted by Crippen LogP contribution is 2.38. The number of aliphatic hydroxyl groups excluding tert-OH is 1. The van der Waals surface area contributed by atoms with Gasteiger partial charge in [0.25, 0.3) is 0 Å². The zero-order chi connectivity index (χ0) is 12.5. The van der Waals surface area contributed by atoms with Crippen LogP contribution in [0.5, 0.6) is 0 Å². The number of nitrogens with zero attached hydrogens (tertiary/aromatic N) is 1. The average Bonchev–Trinajstić information content (AvgIpc) is 3.01. The number of benzene rings is 1. The molecule has 2 aliphatic rings. The molecule has 0 aromatic heterocycles. The number of fused-ring (bicyclic) bond motifs is 2. The molecule has 98 valence electrons. The Morgan fingerprint density at radius 2 is 2.06 bits per heavy atom. The minimum absolute atomic E-state index is 0.324. The predicted octanol–water partition coefficient (Wildman–Crippen LogP) is 2.77. The summed E-state index contributed by atoms with van der Waals surface area (Å²) in [6, 6.07) is 9.18. The molecule has 1 aliphatic carbocycles. The van der Waals surface area contributed by atoms with Crippen molar-refractivity contribution in [2.75, 3.05) is 13.1 Å². The van der Waals surface area contributed by atoms with Crippen molar-refractivity contribution in [3.05, 3.63) is 35.4 Å². The maximum atomic E-state index is 10.3. The van der Waals surface area contributed by atoms with Crippen LogP contribution in [0, 0.1) is 5.92 Å². The van der Waals surface area contributed by atoms with Gasteiger partial charge in [0.1, 0.15) is 0 Å². The van der Waals surface area contributed by atoms with Crippen LogP contribution in [-0.2, 0) is 6.42 Å². The van der Waals surface area contributed by atoms with Crippen molar-refractivity contribution in [1.82, 2.24) is 4.90 Å². The molecule has 2 heteroatoms. The van der Waals surface area contributed by atoms with Gasteiger partial charge in [0.15, 0.2) is 0 Å². The molecule has 1 N–H and O–H groups in total. The summed E-state index contributed by atoms with van der Waals surface area (Å²) in [5.41, 5.74) is 2.40. The van der Waals surface area contributed by atoms with Crippen LogP contribution < -0.4 is 0 Å². The SMILES string of the molecule is CCc1ccc(C(O)CN2CC3CCC2C3)cc1.